The molecule has 39 heavy (non-hydrogen) atoms. The lowest BCUT2D eigenvalue weighted by Gasteiger charge is -2.41. The molecular weight excluding hydrogens is 558 g/mol. The minimum atomic E-state index is -4.30. The van der Waals surface area contributed by atoms with E-state index >= 15 is 4.39 Å². The van der Waals surface area contributed by atoms with Crippen LogP contribution < -0.4 is 10.0 Å². The quantitative estimate of drug-likeness (QED) is 0.322. The van der Waals surface area contributed by atoms with E-state index in [-0.39, 0.29) is 40.1 Å². The number of halogens is 5. The summed E-state index contributed by atoms with van der Waals surface area (Å²) >= 11 is 6.40. The number of anilines is 2. The van der Waals surface area contributed by atoms with Crippen molar-refractivity contribution in [3.8, 4) is 0 Å². The van der Waals surface area contributed by atoms with Gasteiger partial charge in [-0.05, 0) is 68.6 Å². The Kier molecular flexibility index (Phi) is 8.67. The number of hydrogen-bond donors (Lipinski definition) is 2. The van der Waals surface area contributed by atoms with Crippen LogP contribution >= 0.6 is 11.6 Å². The maximum Gasteiger partial charge on any atom is 0.393 e. The van der Waals surface area contributed by atoms with Crippen LogP contribution in [0.2, 0.25) is 5.02 Å². The minimum Gasteiger partial charge on any atom is -0.379 e. The van der Waals surface area contributed by atoms with Crippen molar-refractivity contribution in [3.05, 3.63) is 77.0 Å². The molecule has 1 aliphatic carbocycles. The molecule has 1 fully saturated rings. The smallest absolute Gasteiger partial charge is 0.379 e. The minimum absolute atomic E-state index is 0.0164. The van der Waals surface area contributed by atoms with E-state index in [0.29, 0.717) is 19.3 Å². The number of hydrogen-bond acceptors (Lipinski definition) is 6. The molecule has 0 bridgehead atoms. The lowest BCUT2D eigenvalue weighted by atomic mass is 9.77. The largest absolute Gasteiger partial charge is 0.393 e. The molecule has 2 N–H and O–H groups in total. The van der Waals surface area contributed by atoms with Crippen molar-refractivity contribution in [2.75, 3.05) is 24.1 Å². The van der Waals surface area contributed by atoms with Crippen LogP contribution in [0, 0.1) is 5.82 Å². The summed E-state index contributed by atoms with van der Waals surface area (Å²) in [4.78, 5) is 8.89. The van der Waals surface area contributed by atoms with Crippen LogP contribution in [0.1, 0.15) is 36.3 Å². The van der Waals surface area contributed by atoms with Crippen molar-refractivity contribution in [2.24, 2.45) is 0 Å². The third kappa shape index (κ3) is 7.37. The third-order valence-electron chi connectivity index (χ3n) is 6.78. The van der Waals surface area contributed by atoms with Crippen molar-refractivity contribution in [1.82, 2.24) is 14.9 Å². The zero-order chi connectivity index (χ0) is 28.4. The first-order chi connectivity index (χ1) is 18.3. The Morgan fingerprint density at radius 1 is 1.13 bits per heavy atom. The number of alkyl halides is 3. The van der Waals surface area contributed by atoms with Crippen molar-refractivity contribution < 1.29 is 26.0 Å². The zero-order valence-corrected chi connectivity index (χ0v) is 22.8. The number of nitrogens with zero attached hydrogens (tertiary/aromatic N) is 3. The predicted molar refractivity (Wildman–Crippen MR) is 142 cm³/mol. The fraction of sp³-hybridized carbons (Fsp3) is 0.385. The summed E-state index contributed by atoms with van der Waals surface area (Å²) in [6.07, 6.45) is -0.743. The number of benzene rings is 2. The first-order valence-electron chi connectivity index (χ1n) is 12.2. The highest BCUT2D eigenvalue weighted by atomic mass is 35.5. The molecule has 0 saturated heterocycles. The summed E-state index contributed by atoms with van der Waals surface area (Å²) in [5.74, 6) is -0.950. The van der Waals surface area contributed by atoms with Gasteiger partial charge in [0, 0.05) is 18.3 Å². The van der Waals surface area contributed by atoms with E-state index in [1.807, 2.05) is 25.1 Å². The average Bonchev–Trinajstić information content (AvgIpc) is 2.85. The Labute approximate surface area is 229 Å². The van der Waals surface area contributed by atoms with E-state index in [0.717, 1.165) is 24.0 Å². The molecule has 0 unspecified atom stereocenters. The first kappa shape index (κ1) is 29.0. The second kappa shape index (κ2) is 11.6. The lowest BCUT2D eigenvalue weighted by Crippen LogP contribution is -2.47. The molecule has 0 spiro atoms. The molecule has 1 aliphatic rings. The summed E-state index contributed by atoms with van der Waals surface area (Å²) in [5.41, 5.74) is 1.34. The summed E-state index contributed by atoms with van der Waals surface area (Å²) in [6.45, 7) is 0. The summed E-state index contributed by atoms with van der Waals surface area (Å²) in [7, 11) is -0.497. The van der Waals surface area contributed by atoms with Gasteiger partial charge in [-0.25, -0.2) is 22.8 Å². The molecule has 0 aliphatic heterocycles. The Balaban J connectivity index is 1.50. The molecule has 1 aromatic heterocycles. The van der Waals surface area contributed by atoms with Gasteiger partial charge in [-0.2, -0.15) is 13.2 Å². The normalized spacial score (nSPS) is 20.2. The molecule has 3 atom stereocenters. The van der Waals surface area contributed by atoms with E-state index in [2.05, 4.69) is 20.0 Å². The van der Waals surface area contributed by atoms with Gasteiger partial charge < -0.3 is 10.2 Å². The van der Waals surface area contributed by atoms with Crippen LogP contribution in [0.15, 0.2) is 59.9 Å². The Bertz CT molecular complexity index is 1410. The Hall–Kier alpha value is -2.96. The number of aromatic nitrogens is 2. The van der Waals surface area contributed by atoms with Gasteiger partial charge in [-0.1, -0.05) is 35.9 Å². The van der Waals surface area contributed by atoms with Gasteiger partial charge in [0.05, 0.1) is 17.1 Å². The van der Waals surface area contributed by atoms with Gasteiger partial charge in [0.1, 0.15) is 22.9 Å². The molecule has 0 amide bonds. The van der Waals surface area contributed by atoms with Crippen molar-refractivity contribution in [1.29, 1.82) is 0 Å². The van der Waals surface area contributed by atoms with Crippen molar-refractivity contribution in [3.63, 3.8) is 0 Å². The highest BCUT2D eigenvalue weighted by Gasteiger charge is 2.34. The first-order valence-corrected chi connectivity index (χ1v) is 14.0. The predicted octanol–water partition coefficient (Wildman–Crippen LogP) is 5.85. The van der Waals surface area contributed by atoms with Crippen LogP contribution in [0.3, 0.4) is 0 Å². The maximum atomic E-state index is 15.0. The van der Waals surface area contributed by atoms with Gasteiger partial charge in [-0.3, -0.25) is 4.72 Å². The van der Waals surface area contributed by atoms with Gasteiger partial charge in [0.25, 0.3) is 10.0 Å². The van der Waals surface area contributed by atoms with Crippen molar-refractivity contribution in [2.45, 2.75) is 54.8 Å². The van der Waals surface area contributed by atoms with E-state index in [4.69, 9.17) is 11.6 Å². The van der Waals surface area contributed by atoms with E-state index in [1.165, 1.54) is 18.3 Å². The standard InChI is InChI=1S/C26H28ClF4N5O2S/c1-36(2)23-11-18(17-5-3-4-16(10-17)14-26(29,30)31)6-7-21(23)34-22-13-20(28)24(12-19(22)27)39(37,38)35-25-8-9-32-15-33-25/h3-5,8-10,12-13,15,18,21,23,34H,6-7,11,14H2,1-2H3,(H,32,33,35)/t18-,21-,23-/m0/s1. The van der Waals surface area contributed by atoms with Crippen LogP contribution in [0.25, 0.3) is 0 Å². The van der Waals surface area contributed by atoms with Gasteiger partial charge in [0.2, 0.25) is 0 Å². The highest BCUT2D eigenvalue weighted by molar-refractivity contribution is 7.92. The molecular formula is C26H28ClF4N5O2S. The van der Waals surface area contributed by atoms with Gasteiger partial charge in [0.15, 0.2) is 0 Å². The molecule has 13 heteroatoms. The zero-order valence-electron chi connectivity index (χ0n) is 21.2. The summed E-state index contributed by atoms with van der Waals surface area (Å²) in [5, 5.41) is 3.29. The maximum absolute atomic E-state index is 15.0. The van der Waals surface area contributed by atoms with Crippen LogP contribution in [-0.4, -0.2) is 55.6 Å². The van der Waals surface area contributed by atoms with E-state index in [1.54, 1.807) is 12.1 Å². The molecule has 0 radical (unpaired) electrons. The molecule has 3 aromatic rings. The lowest BCUT2D eigenvalue weighted by molar-refractivity contribution is -0.127. The number of sulfonamides is 1. The molecule has 4 rings (SSSR count). The topological polar surface area (TPSA) is 87.2 Å². The second-order valence-corrected chi connectivity index (χ2v) is 11.8. The molecule has 2 aromatic carbocycles. The highest BCUT2D eigenvalue weighted by Crippen LogP contribution is 2.38. The Morgan fingerprint density at radius 3 is 2.56 bits per heavy atom. The summed E-state index contributed by atoms with van der Waals surface area (Å²) in [6, 6.07) is 9.84. The Morgan fingerprint density at radius 2 is 1.90 bits per heavy atom. The van der Waals surface area contributed by atoms with E-state index < -0.39 is 33.3 Å². The number of rotatable bonds is 8. The van der Waals surface area contributed by atoms with Gasteiger partial charge in [-0.15, -0.1) is 0 Å². The SMILES string of the molecule is CN(C)[C@H]1C[C@@H](c2cccc(CC(F)(F)F)c2)CC[C@@H]1Nc1cc(F)c(S(=O)(=O)Nc2ccncn2)cc1Cl. The second-order valence-electron chi connectivity index (χ2n) is 9.79. The fourth-order valence-corrected chi connectivity index (χ4v) is 6.34. The van der Waals surface area contributed by atoms with Gasteiger partial charge >= 0.3 is 6.18 Å². The van der Waals surface area contributed by atoms with Crippen molar-refractivity contribution >= 4 is 33.1 Å². The number of nitrogens with one attached hydrogen (secondary N) is 2. The average molecular weight is 586 g/mol. The molecule has 1 heterocycles. The van der Waals surface area contributed by atoms with Crippen LogP contribution in [0.5, 0.6) is 0 Å². The monoisotopic (exact) mass is 585 g/mol. The third-order valence-corrected chi connectivity index (χ3v) is 8.46. The molecule has 210 valence electrons. The van der Waals surface area contributed by atoms with Crippen LogP contribution in [-0.2, 0) is 16.4 Å². The van der Waals surface area contributed by atoms with E-state index in [9.17, 15) is 21.6 Å². The molecule has 1 saturated carbocycles. The molecule has 7 nitrogen and oxygen atoms in total. The number of likely N-dealkylation sites (N-methyl/N-ethyl adjacent to an activating group) is 1. The summed E-state index contributed by atoms with van der Waals surface area (Å²) < 4.78 is 81.4. The van der Waals surface area contributed by atoms with Crippen LogP contribution in [0.4, 0.5) is 29.1 Å². The fourth-order valence-electron chi connectivity index (χ4n) is 4.97.